The van der Waals surface area contributed by atoms with Crippen LogP contribution in [0, 0.1) is 5.92 Å². The van der Waals surface area contributed by atoms with Gasteiger partial charge in [0, 0.05) is 32.5 Å². The number of nitrogens with zero attached hydrogens (tertiary/aromatic N) is 2. The van der Waals surface area contributed by atoms with Crippen molar-refractivity contribution in [2.45, 2.75) is 32.2 Å². The first kappa shape index (κ1) is 17.9. The number of carboxylic acids is 1. The van der Waals surface area contributed by atoms with E-state index in [0.29, 0.717) is 36.8 Å². The molecule has 3 rings (SSSR count). The number of piperidine rings is 1. The molecular weight excluding hydrogens is 338 g/mol. The first-order valence-corrected chi connectivity index (χ1v) is 8.67. The fourth-order valence-corrected chi connectivity index (χ4v) is 3.46. The maximum absolute atomic E-state index is 12.4. The van der Waals surface area contributed by atoms with Gasteiger partial charge in [0.25, 0.3) is 5.56 Å². The molecule has 138 valence electrons. The fourth-order valence-electron chi connectivity index (χ4n) is 3.46. The molecule has 1 aliphatic heterocycles. The molecule has 1 fully saturated rings. The zero-order valence-electron chi connectivity index (χ0n) is 14.3. The molecule has 2 aromatic rings. The number of rotatable bonds is 5. The lowest BCUT2D eigenvalue weighted by atomic mass is 9.93. The Morgan fingerprint density at radius 3 is 2.54 bits per heavy atom. The Morgan fingerprint density at radius 2 is 1.85 bits per heavy atom. The van der Waals surface area contributed by atoms with Crippen LogP contribution in [0.4, 0.5) is 0 Å². The minimum Gasteiger partial charge on any atom is -0.481 e. The van der Waals surface area contributed by atoms with Gasteiger partial charge in [-0.25, -0.2) is 4.79 Å². The van der Waals surface area contributed by atoms with Crippen LogP contribution in [0.3, 0.4) is 0 Å². The first-order valence-electron chi connectivity index (χ1n) is 8.67. The lowest BCUT2D eigenvalue weighted by molar-refractivity contribution is -0.138. The molecule has 0 unspecified atom stereocenters. The molecule has 0 radical (unpaired) electrons. The minimum absolute atomic E-state index is 0.0686. The van der Waals surface area contributed by atoms with Gasteiger partial charge in [0.05, 0.1) is 10.9 Å². The fraction of sp³-hybridized carbons (Fsp3) is 0.444. The molecule has 0 aliphatic carbocycles. The number of amides is 1. The summed E-state index contributed by atoms with van der Waals surface area (Å²) in [6, 6.07) is 6.79. The van der Waals surface area contributed by atoms with Gasteiger partial charge in [-0.2, -0.15) is 0 Å². The third-order valence-corrected chi connectivity index (χ3v) is 4.88. The van der Waals surface area contributed by atoms with Gasteiger partial charge in [-0.1, -0.05) is 12.1 Å². The van der Waals surface area contributed by atoms with E-state index in [2.05, 4.69) is 4.98 Å². The Balaban J connectivity index is 1.66. The molecule has 1 aromatic heterocycles. The number of aryl methyl sites for hydroxylation is 1. The Morgan fingerprint density at radius 1 is 1.15 bits per heavy atom. The van der Waals surface area contributed by atoms with E-state index in [9.17, 15) is 19.2 Å². The standard InChI is InChI=1S/C18H21N3O5/c22-15(20-8-5-12(6-9-20)11-16(23)24)7-10-21-14-4-2-1-3-13(14)17(25)19-18(21)26/h1-4,12H,5-11H2,(H,23,24)(H,19,25,26). The lowest BCUT2D eigenvalue weighted by Gasteiger charge is -2.31. The van der Waals surface area contributed by atoms with Crippen LogP contribution in [-0.2, 0) is 16.1 Å². The molecule has 8 nitrogen and oxygen atoms in total. The average molecular weight is 359 g/mol. The zero-order chi connectivity index (χ0) is 18.7. The van der Waals surface area contributed by atoms with E-state index in [1.807, 2.05) is 0 Å². The van der Waals surface area contributed by atoms with Crippen molar-refractivity contribution in [2.24, 2.45) is 5.92 Å². The largest absolute Gasteiger partial charge is 0.481 e. The monoisotopic (exact) mass is 359 g/mol. The van der Waals surface area contributed by atoms with Gasteiger partial charge in [-0.15, -0.1) is 0 Å². The van der Waals surface area contributed by atoms with Crippen LogP contribution < -0.4 is 11.2 Å². The number of aromatic nitrogens is 2. The third kappa shape index (κ3) is 3.84. The molecule has 8 heteroatoms. The summed E-state index contributed by atoms with van der Waals surface area (Å²) in [7, 11) is 0. The summed E-state index contributed by atoms with van der Waals surface area (Å²) in [6.45, 7) is 1.26. The van der Waals surface area contributed by atoms with Crippen molar-refractivity contribution in [1.29, 1.82) is 0 Å². The van der Waals surface area contributed by atoms with Gasteiger partial charge in [-0.3, -0.25) is 23.9 Å². The SMILES string of the molecule is O=C(O)CC1CCN(C(=O)CCn2c(=O)[nH]c(=O)c3ccccc32)CC1. The summed E-state index contributed by atoms with van der Waals surface area (Å²) in [4.78, 5) is 51.2. The summed E-state index contributed by atoms with van der Waals surface area (Å²) < 4.78 is 1.41. The number of aromatic amines is 1. The van der Waals surface area contributed by atoms with Crippen molar-refractivity contribution in [2.75, 3.05) is 13.1 Å². The number of aliphatic carboxylic acids is 1. The van der Waals surface area contributed by atoms with Crippen LogP contribution in [-0.4, -0.2) is 44.5 Å². The van der Waals surface area contributed by atoms with Crippen LogP contribution in [0.5, 0.6) is 0 Å². The molecule has 1 amide bonds. The number of carbonyl (C=O) groups is 2. The van der Waals surface area contributed by atoms with Crippen molar-refractivity contribution in [1.82, 2.24) is 14.5 Å². The van der Waals surface area contributed by atoms with E-state index in [1.165, 1.54) is 4.57 Å². The molecule has 0 spiro atoms. The Hall–Kier alpha value is -2.90. The molecule has 2 N–H and O–H groups in total. The maximum Gasteiger partial charge on any atom is 0.328 e. The molecule has 0 atom stereocenters. The number of carbonyl (C=O) groups excluding carboxylic acids is 1. The summed E-state index contributed by atoms with van der Waals surface area (Å²) >= 11 is 0. The molecule has 1 saturated heterocycles. The van der Waals surface area contributed by atoms with E-state index < -0.39 is 17.2 Å². The summed E-state index contributed by atoms with van der Waals surface area (Å²) in [6.07, 6.45) is 1.65. The van der Waals surface area contributed by atoms with Crippen LogP contribution in [0.1, 0.15) is 25.7 Å². The van der Waals surface area contributed by atoms with Crippen molar-refractivity contribution in [3.63, 3.8) is 0 Å². The predicted octanol–water partition coefficient (Wildman–Crippen LogP) is 0.793. The summed E-state index contributed by atoms with van der Waals surface area (Å²) in [5.41, 5.74) is -0.454. The van der Waals surface area contributed by atoms with Crippen LogP contribution in [0.2, 0.25) is 0 Å². The van der Waals surface area contributed by atoms with Crippen molar-refractivity contribution in [3.05, 3.63) is 45.1 Å². The van der Waals surface area contributed by atoms with Gasteiger partial charge in [0.2, 0.25) is 5.91 Å². The first-order chi connectivity index (χ1) is 12.5. The number of nitrogens with one attached hydrogen (secondary N) is 1. The molecular formula is C18H21N3O5. The summed E-state index contributed by atoms with van der Waals surface area (Å²) in [5, 5.41) is 9.26. The second-order valence-corrected chi connectivity index (χ2v) is 6.60. The van der Waals surface area contributed by atoms with E-state index in [-0.39, 0.29) is 31.2 Å². The highest BCUT2D eigenvalue weighted by molar-refractivity contribution is 5.79. The van der Waals surface area contributed by atoms with Crippen LogP contribution in [0.15, 0.2) is 33.9 Å². The number of benzene rings is 1. The van der Waals surface area contributed by atoms with E-state index in [1.54, 1.807) is 29.2 Å². The summed E-state index contributed by atoms with van der Waals surface area (Å²) in [5.74, 6) is -0.762. The number of hydrogen-bond donors (Lipinski definition) is 2. The third-order valence-electron chi connectivity index (χ3n) is 4.88. The number of carboxylic acid groups (broad SMARTS) is 1. The van der Waals surface area contributed by atoms with E-state index in [4.69, 9.17) is 5.11 Å². The molecule has 0 saturated carbocycles. The van der Waals surface area contributed by atoms with Crippen molar-refractivity contribution >= 4 is 22.8 Å². The topological polar surface area (TPSA) is 112 Å². The number of H-pyrrole nitrogens is 1. The number of likely N-dealkylation sites (tertiary alicyclic amines) is 1. The zero-order valence-corrected chi connectivity index (χ0v) is 14.3. The van der Waals surface area contributed by atoms with Gasteiger partial charge in [0.15, 0.2) is 0 Å². The highest BCUT2D eigenvalue weighted by Gasteiger charge is 2.24. The molecule has 1 aromatic carbocycles. The average Bonchev–Trinajstić information content (AvgIpc) is 2.61. The predicted molar refractivity (Wildman–Crippen MR) is 95.0 cm³/mol. The van der Waals surface area contributed by atoms with Crippen LogP contribution in [0.25, 0.3) is 10.9 Å². The number of fused-ring (bicyclic) bond motifs is 1. The molecule has 1 aliphatic rings. The number of para-hydroxylation sites is 1. The van der Waals surface area contributed by atoms with Gasteiger partial charge in [0.1, 0.15) is 0 Å². The second kappa shape index (κ2) is 7.55. The molecule has 2 heterocycles. The Bertz CT molecular complexity index is 938. The molecule has 26 heavy (non-hydrogen) atoms. The van der Waals surface area contributed by atoms with Gasteiger partial charge < -0.3 is 10.0 Å². The number of hydrogen-bond acceptors (Lipinski definition) is 4. The van der Waals surface area contributed by atoms with E-state index >= 15 is 0 Å². The Kier molecular flexibility index (Phi) is 5.20. The highest BCUT2D eigenvalue weighted by Crippen LogP contribution is 2.21. The normalized spacial score (nSPS) is 15.3. The highest BCUT2D eigenvalue weighted by atomic mass is 16.4. The molecule has 0 bridgehead atoms. The van der Waals surface area contributed by atoms with Crippen LogP contribution >= 0.6 is 0 Å². The van der Waals surface area contributed by atoms with Crippen molar-refractivity contribution in [3.8, 4) is 0 Å². The Labute approximate surface area is 149 Å². The smallest absolute Gasteiger partial charge is 0.328 e. The minimum atomic E-state index is -0.806. The van der Waals surface area contributed by atoms with Crippen molar-refractivity contribution < 1.29 is 14.7 Å². The maximum atomic E-state index is 12.4. The van der Waals surface area contributed by atoms with Gasteiger partial charge in [-0.05, 0) is 30.9 Å². The van der Waals surface area contributed by atoms with E-state index in [0.717, 1.165) is 0 Å². The lowest BCUT2D eigenvalue weighted by Crippen LogP contribution is -2.40. The quantitative estimate of drug-likeness (QED) is 0.820. The second-order valence-electron chi connectivity index (χ2n) is 6.60. The van der Waals surface area contributed by atoms with Gasteiger partial charge >= 0.3 is 11.7 Å².